The van der Waals surface area contributed by atoms with E-state index in [1.165, 1.54) is 12.5 Å². The van der Waals surface area contributed by atoms with E-state index in [4.69, 9.17) is 5.73 Å². The molecule has 2 rings (SSSR count). The van der Waals surface area contributed by atoms with E-state index in [1.807, 2.05) is 11.9 Å². The van der Waals surface area contributed by atoms with Crippen LogP contribution >= 0.6 is 0 Å². The molecule has 0 bridgehead atoms. The van der Waals surface area contributed by atoms with Gasteiger partial charge in [-0.2, -0.15) is 0 Å². The van der Waals surface area contributed by atoms with Crippen molar-refractivity contribution in [1.82, 2.24) is 0 Å². The SMILES string of the molecule is CCC1CCC(N(C)c2c(N)ccc(F)c2F)CC1. The first-order valence-electron chi connectivity index (χ1n) is 7.00. The van der Waals surface area contributed by atoms with Crippen LogP contribution in [0.4, 0.5) is 20.2 Å². The molecule has 19 heavy (non-hydrogen) atoms. The van der Waals surface area contributed by atoms with Crippen molar-refractivity contribution in [3.05, 3.63) is 23.8 Å². The Morgan fingerprint density at radius 1 is 1.21 bits per heavy atom. The van der Waals surface area contributed by atoms with Crippen LogP contribution in [0.5, 0.6) is 0 Å². The van der Waals surface area contributed by atoms with Gasteiger partial charge in [0.2, 0.25) is 0 Å². The number of nitrogens with zero attached hydrogens (tertiary/aromatic N) is 1. The summed E-state index contributed by atoms with van der Waals surface area (Å²) in [5.41, 5.74) is 6.32. The van der Waals surface area contributed by atoms with Gasteiger partial charge in [0.15, 0.2) is 11.6 Å². The minimum atomic E-state index is -0.835. The molecule has 1 aromatic rings. The third-order valence-corrected chi connectivity index (χ3v) is 4.39. The average Bonchev–Trinajstić information content (AvgIpc) is 2.43. The highest BCUT2D eigenvalue weighted by molar-refractivity contribution is 5.68. The molecule has 0 unspecified atom stereocenters. The molecule has 106 valence electrons. The maximum Gasteiger partial charge on any atom is 0.184 e. The summed E-state index contributed by atoms with van der Waals surface area (Å²) < 4.78 is 27.3. The van der Waals surface area contributed by atoms with Gasteiger partial charge in [0.1, 0.15) is 0 Å². The van der Waals surface area contributed by atoms with Crippen LogP contribution in [0.3, 0.4) is 0 Å². The molecular weight excluding hydrogens is 246 g/mol. The first kappa shape index (κ1) is 14.1. The lowest BCUT2D eigenvalue weighted by Crippen LogP contribution is -2.36. The molecule has 0 aromatic heterocycles. The topological polar surface area (TPSA) is 29.3 Å². The van der Waals surface area contributed by atoms with E-state index < -0.39 is 11.6 Å². The van der Waals surface area contributed by atoms with Gasteiger partial charge in [-0.05, 0) is 43.7 Å². The third kappa shape index (κ3) is 2.82. The Kier molecular flexibility index (Phi) is 4.27. The highest BCUT2D eigenvalue weighted by Gasteiger charge is 2.26. The van der Waals surface area contributed by atoms with Crippen molar-refractivity contribution < 1.29 is 8.78 Å². The Bertz CT molecular complexity index is 440. The summed E-state index contributed by atoms with van der Waals surface area (Å²) in [6.07, 6.45) is 5.55. The molecule has 0 amide bonds. The number of halogens is 2. The first-order chi connectivity index (χ1) is 9.04. The summed E-state index contributed by atoms with van der Waals surface area (Å²) in [4.78, 5) is 1.82. The van der Waals surface area contributed by atoms with Crippen LogP contribution in [0.1, 0.15) is 39.0 Å². The molecule has 0 aliphatic heterocycles. The second kappa shape index (κ2) is 5.76. The van der Waals surface area contributed by atoms with Crippen molar-refractivity contribution in [3.63, 3.8) is 0 Å². The molecule has 0 atom stereocenters. The van der Waals surface area contributed by atoms with Gasteiger partial charge in [0.05, 0.1) is 11.4 Å². The zero-order chi connectivity index (χ0) is 14.0. The van der Waals surface area contributed by atoms with Gasteiger partial charge in [0.25, 0.3) is 0 Å². The van der Waals surface area contributed by atoms with Crippen LogP contribution in [0.15, 0.2) is 12.1 Å². The summed E-state index contributed by atoms with van der Waals surface area (Å²) >= 11 is 0. The molecule has 1 aliphatic carbocycles. The molecule has 1 aliphatic rings. The Morgan fingerprint density at radius 3 is 2.42 bits per heavy atom. The Hall–Kier alpha value is -1.32. The Balaban J connectivity index is 2.16. The first-order valence-corrected chi connectivity index (χ1v) is 7.00. The number of hydrogen-bond acceptors (Lipinski definition) is 2. The minimum absolute atomic E-state index is 0.208. The summed E-state index contributed by atoms with van der Waals surface area (Å²) in [7, 11) is 1.81. The molecule has 1 aromatic carbocycles. The lowest BCUT2D eigenvalue weighted by molar-refractivity contribution is 0.312. The number of benzene rings is 1. The number of hydrogen-bond donors (Lipinski definition) is 1. The summed E-state index contributed by atoms with van der Waals surface area (Å²) in [6, 6.07) is 2.76. The minimum Gasteiger partial charge on any atom is -0.397 e. The summed E-state index contributed by atoms with van der Waals surface area (Å²) in [6.45, 7) is 2.21. The fourth-order valence-electron chi connectivity index (χ4n) is 3.04. The Morgan fingerprint density at radius 2 is 1.84 bits per heavy atom. The summed E-state index contributed by atoms with van der Waals surface area (Å²) in [5.74, 6) is -0.891. The van der Waals surface area contributed by atoms with E-state index >= 15 is 0 Å². The maximum atomic E-state index is 13.9. The lowest BCUT2D eigenvalue weighted by atomic mass is 9.84. The zero-order valence-electron chi connectivity index (χ0n) is 11.6. The average molecular weight is 268 g/mol. The van der Waals surface area contributed by atoms with E-state index in [0.717, 1.165) is 37.7 Å². The smallest absolute Gasteiger partial charge is 0.184 e. The second-order valence-electron chi connectivity index (χ2n) is 5.49. The third-order valence-electron chi connectivity index (χ3n) is 4.39. The molecule has 4 heteroatoms. The van der Waals surface area contributed by atoms with Crippen molar-refractivity contribution >= 4 is 11.4 Å². The van der Waals surface area contributed by atoms with Gasteiger partial charge in [-0.15, -0.1) is 0 Å². The number of nitrogen functional groups attached to an aromatic ring is 1. The Labute approximate surface area is 113 Å². The predicted octanol–water partition coefficient (Wildman–Crippen LogP) is 3.95. The van der Waals surface area contributed by atoms with Gasteiger partial charge >= 0.3 is 0 Å². The summed E-state index contributed by atoms with van der Waals surface area (Å²) in [5, 5.41) is 0. The highest BCUT2D eigenvalue weighted by atomic mass is 19.2. The van der Waals surface area contributed by atoms with Gasteiger partial charge in [-0.1, -0.05) is 13.3 Å². The molecule has 2 N–H and O–H groups in total. The second-order valence-corrected chi connectivity index (χ2v) is 5.49. The van der Waals surface area contributed by atoms with Gasteiger partial charge in [-0.25, -0.2) is 8.78 Å². The van der Waals surface area contributed by atoms with Crippen LogP contribution in [0, 0.1) is 17.6 Å². The van der Waals surface area contributed by atoms with Gasteiger partial charge in [0, 0.05) is 13.1 Å². The monoisotopic (exact) mass is 268 g/mol. The largest absolute Gasteiger partial charge is 0.397 e. The van der Waals surface area contributed by atoms with Gasteiger partial charge < -0.3 is 10.6 Å². The quantitative estimate of drug-likeness (QED) is 0.841. The molecule has 1 fully saturated rings. The number of rotatable bonds is 3. The van der Waals surface area contributed by atoms with E-state index in [0.29, 0.717) is 5.69 Å². The van der Waals surface area contributed by atoms with Crippen molar-refractivity contribution in [2.24, 2.45) is 5.92 Å². The maximum absolute atomic E-state index is 13.9. The number of nitrogens with two attached hydrogens (primary N) is 1. The number of anilines is 2. The van der Waals surface area contributed by atoms with Crippen LogP contribution in [0.2, 0.25) is 0 Å². The van der Waals surface area contributed by atoms with E-state index in [-0.39, 0.29) is 11.7 Å². The predicted molar refractivity (Wildman–Crippen MR) is 75.2 cm³/mol. The molecular formula is C15H22F2N2. The normalized spacial score (nSPS) is 23.4. The molecule has 0 spiro atoms. The molecule has 0 saturated heterocycles. The molecule has 1 saturated carbocycles. The lowest BCUT2D eigenvalue weighted by Gasteiger charge is -2.36. The van der Waals surface area contributed by atoms with Crippen LogP contribution in [0.25, 0.3) is 0 Å². The highest BCUT2D eigenvalue weighted by Crippen LogP contribution is 2.35. The fraction of sp³-hybridized carbons (Fsp3) is 0.600. The van der Waals surface area contributed by atoms with E-state index in [9.17, 15) is 8.78 Å². The van der Waals surface area contributed by atoms with Crippen molar-refractivity contribution in [1.29, 1.82) is 0 Å². The van der Waals surface area contributed by atoms with Crippen molar-refractivity contribution in [2.75, 3.05) is 17.7 Å². The molecule has 0 heterocycles. The van der Waals surface area contributed by atoms with Crippen molar-refractivity contribution in [3.8, 4) is 0 Å². The van der Waals surface area contributed by atoms with Crippen LogP contribution < -0.4 is 10.6 Å². The van der Waals surface area contributed by atoms with Crippen LogP contribution in [-0.4, -0.2) is 13.1 Å². The fourth-order valence-corrected chi connectivity index (χ4v) is 3.04. The standard InChI is InChI=1S/C15H22F2N2/c1-3-10-4-6-11(7-5-10)19(2)15-13(18)9-8-12(16)14(15)17/h8-11H,3-7,18H2,1-2H3. The van der Waals surface area contributed by atoms with Gasteiger partial charge in [-0.3, -0.25) is 0 Å². The molecule has 2 nitrogen and oxygen atoms in total. The van der Waals surface area contributed by atoms with Crippen molar-refractivity contribution in [2.45, 2.75) is 45.1 Å². The van der Waals surface area contributed by atoms with E-state index in [2.05, 4.69) is 6.92 Å². The van der Waals surface area contributed by atoms with E-state index in [1.54, 1.807) is 0 Å². The van der Waals surface area contributed by atoms with Crippen LogP contribution in [-0.2, 0) is 0 Å². The zero-order valence-corrected chi connectivity index (χ0v) is 11.6. The molecule has 0 radical (unpaired) electrons.